The lowest BCUT2D eigenvalue weighted by molar-refractivity contribution is -0.384. The number of anilines is 1. The molecule has 0 atom stereocenters. The number of amidine groups is 1. The van der Waals surface area contributed by atoms with Crippen molar-refractivity contribution >= 4 is 46.0 Å². The van der Waals surface area contributed by atoms with Crippen molar-refractivity contribution in [1.29, 1.82) is 0 Å². The van der Waals surface area contributed by atoms with E-state index in [9.17, 15) is 14.9 Å². The maximum atomic E-state index is 13.4. The Balaban J connectivity index is 1.72. The first kappa shape index (κ1) is 24.0. The second kappa shape index (κ2) is 10.8. The molecule has 0 radical (unpaired) electrons. The molecule has 8 nitrogen and oxygen atoms in total. The SMILES string of the molecule is CCCCN1C(=O)/C(=C\c2cc([N+](=O)[O-])ccc2N2CCOCC2)SC1=Nc1ccc(C)cc1. The molecule has 9 heteroatoms. The van der Waals surface area contributed by atoms with Gasteiger partial charge in [-0.1, -0.05) is 31.0 Å². The number of amides is 1. The average molecular weight is 481 g/mol. The van der Waals surface area contributed by atoms with Gasteiger partial charge in [0, 0.05) is 43.0 Å². The van der Waals surface area contributed by atoms with Gasteiger partial charge in [0.05, 0.1) is 28.7 Å². The van der Waals surface area contributed by atoms with E-state index < -0.39 is 4.92 Å². The number of aliphatic imine (C=N–C) groups is 1. The number of unbranched alkanes of at least 4 members (excludes halogenated alkanes) is 1. The lowest BCUT2D eigenvalue weighted by Crippen LogP contribution is -2.36. The van der Waals surface area contributed by atoms with E-state index in [0.29, 0.717) is 48.5 Å². The molecule has 0 aliphatic carbocycles. The molecule has 2 aliphatic heterocycles. The quantitative estimate of drug-likeness (QED) is 0.310. The summed E-state index contributed by atoms with van der Waals surface area (Å²) in [7, 11) is 0. The van der Waals surface area contributed by atoms with E-state index in [-0.39, 0.29) is 11.6 Å². The molecule has 2 aromatic rings. The molecule has 0 spiro atoms. The van der Waals surface area contributed by atoms with E-state index in [0.717, 1.165) is 29.8 Å². The molecule has 178 valence electrons. The maximum absolute atomic E-state index is 13.4. The minimum Gasteiger partial charge on any atom is -0.378 e. The van der Waals surface area contributed by atoms with Crippen LogP contribution in [0.1, 0.15) is 30.9 Å². The van der Waals surface area contributed by atoms with Crippen LogP contribution in [-0.4, -0.2) is 53.7 Å². The van der Waals surface area contributed by atoms with Gasteiger partial charge in [-0.05, 0) is 49.4 Å². The second-order valence-corrected chi connectivity index (χ2v) is 9.26. The molecule has 1 amide bonds. The Morgan fingerprint density at radius 1 is 1.18 bits per heavy atom. The Morgan fingerprint density at radius 3 is 2.59 bits per heavy atom. The maximum Gasteiger partial charge on any atom is 0.270 e. The van der Waals surface area contributed by atoms with Crippen LogP contribution in [0.3, 0.4) is 0 Å². The summed E-state index contributed by atoms with van der Waals surface area (Å²) in [5, 5.41) is 12.1. The highest BCUT2D eigenvalue weighted by molar-refractivity contribution is 8.18. The van der Waals surface area contributed by atoms with Crippen LogP contribution < -0.4 is 4.90 Å². The summed E-state index contributed by atoms with van der Waals surface area (Å²) in [6.07, 6.45) is 3.58. The van der Waals surface area contributed by atoms with Crippen LogP contribution in [0.4, 0.5) is 17.1 Å². The van der Waals surface area contributed by atoms with Gasteiger partial charge in [0.15, 0.2) is 5.17 Å². The van der Waals surface area contributed by atoms with E-state index in [4.69, 9.17) is 9.73 Å². The molecule has 0 aromatic heterocycles. The third-order valence-corrected chi connectivity index (χ3v) is 6.75. The van der Waals surface area contributed by atoms with Crippen LogP contribution in [0.15, 0.2) is 52.4 Å². The van der Waals surface area contributed by atoms with Crippen LogP contribution in [-0.2, 0) is 9.53 Å². The number of aryl methyl sites for hydroxylation is 1. The summed E-state index contributed by atoms with van der Waals surface area (Å²) >= 11 is 1.32. The molecule has 2 heterocycles. The first-order valence-electron chi connectivity index (χ1n) is 11.4. The van der Waals surface area contributed by atoms with Crippen LogP contribution in [0.25, 0.3) is 6.08 Å². The molecule has 2 fully saturated rings. The van der Waals surface area contributed by atoms with E-state index in [1.807, 2.05) is 31.2 Å². The van der Waals surface area contributed by atoms with Gasteiger partial charge in [0.2, 0.25) is 0 Å². The van der Waals surface area contributed by atoms with E-state index in [2.05, 4.69) is 11.8 Å². The number of benzene rings is 2. The number of hydrogen-bond donors (Lipinski definition) is 0. The molecule has 34 heavy (non-hydrogen) atoms. The number of nitro benzene ring substituents is 1. The Hall–Kier alpha value is -3.17. The average Bonchev–Trinajstić information content (AvgIpc) is 3.13. The summed E-state index contributed by atoms with van der Waals surface area (Å²) < 4.78 is 5.46. The van der Waals surface area contributed by atoms with Gasteiger partial charge >= 0.3 is 0 Å². The van der Waals surface area contributed by atoms with Crippen molar-refractivity contribution in [1.82, 2.24) is 4.90 Å². The first-order valence-corrected chi connectivity index (χ1v) is 12.3. The molecule has 2 aromatic carbocycles. The molecule has 0 bridgehead atoms. The normalized spacial score (nSPS) is 18.8. The van der Waals surface area contributed by atoms with Crippen LogP contribution in [0.2, 0.25) is 0 Å². The van der Waals surface area contributed by atoms with Gasteiger partial charge in [0.1, 0.15) is 0 Å². The smallest absolute Gasteiger partial charge is 0.270 e. The topological polar surface area (TPSA) is 88.3 Å². The fourth-order valence-corrected chi connectivity index (χ4v) is 4.85. The minimum atomic E-state index is -0.410. The minimum absolute atomic E-state index is 0.00399. The Bertz CT molecular complexity index is 1120. The molecule has 0 unspecified atom stereocenters. The number of morpholine rings is 1. The van der Waals surface area contributed by atoms with Crippen LogP contribution in [0.5, 0.6) is 0 Å². The Labute approximate surface area is 203 Å². The lowest BCUT2D eigenvalue weighted by Gasteiger charge is -2.30. The molecule has 4 rings (SSSR count). The number of nitrogens with zero attached hydrogens (tertiary/aromatic N) is 4. The van der Waals surface area contributed by atoms with Crippen molar-refractivity contribution in [3.8, 4) is 0 Å². The number of nitro groups is 1. The largest absolute Gasteiger partial charge is 0.378 e. The third kappa shape index (κ3) is 5.48. The zero-order valence-electron chi connectivity index (χ0n) is 19.4. The number of thioether (sulfide) groups is 1. The summed E-state index contributed by atoms with van der Waals surface area (Å²) in [6, 6.07) is 12.7. The van der Waals surface area contributed by atoms with Crippen molar-refractivity contribution in [3.63, 3.8) is 0 Å². The Kier molecular flexibility index (Phi) is 7.64. The van der Waals surface area contributed by atoms with E-state index in [1.165, 1.54) is 23.9 Å². The van der Waals surface area contributed by atoms with Gasteiger partial charge in [0.25, 0.3) is 11.6 Å². The van der Waals surface area contributed by atoms with Gasteiger partial charge in [-0.2, -0.15) is 0 Å². The van der Waals surface area contributed by atoms with E-state index >= 15 is 0 Å². The highest BCUT2D eigenvalue weighted by Crippen LogP contribution is 2.37. The highest BCUT2D eigenvalue weighted by atomic mass is 32.2. The zero-order valence-corrected chi connectivity index (χ0v) is 20.2. The highest BCUT2D eigenvalue weighted by Gasteiger charge is 2.33. The summed E-state index contributed by atoms with van der Waals surface area (Å²) in [5.41, 5.74) is 3.44. The predicted molar refractivity (Wildman–Crippen MR) is 137 cm³/mol. The van der Waals surface area contributed by atoms with Crippen molar-refractivity contribution in [3.05, 3.63) is 68.6 Å². The Morgan fingerprint density at radius 2 is 1.91 bits per heavy atom. The molecule has 0 saturated carbocycles. The number of carbonyl (C=O) groups excluding carboxylic acids is 1. The van der Waals surface area contributed by atoms with Crippen molar-refractivity contribution in [2.75, 3.05) is 37.7 Å². The van der Waals surface area contributed by atoms with E-state index in [1.54, 1.807) is 17.0 Å². The standard InChI is InChI=1S/C25H28N4O4S/c1-3-4-11-28-24(30)23(34-25(28)26-20-7-5-18(2)6-8-20)17-19-16-21(29(31)32)9-10-22(19)27-12-14-33-15-13-27/h5-10,16-17H,3-4,11-15H2,1-2H3/b23-17+,26-25?. The summed E-state index contributed by atoms with van der Waals surface area (Å²) in [6.45, 7) is 7.26. The number of hydrogen-bond acceptors (Lipinski definition) is 7. The van der Waals surface area contributed by atoms with Gasteiger partial charge in [-0.3, -0.25) is 19.8 Å². The second-order valence-electron chi connectivity index (χ2n) is 8.25. The predicted octanol–water partition coefficient (Wildman–Crippen LogP) is 5.14. The lowest BCUT2D eigenvalue weighted by atomic mass is 10.1. The molecule has 2 saturated heterocycles. The summed E-state index contributed by atoms with van der Waals surface area (Å²) in [4.78, 5) is 33.5. The molecule has 0 N–H and O–H groups in total. The van der Waals surface area contributed by atoms with Crippen LogP contribution >= 0.6 is 11.8 Å². The fraction of sp³-hybridized carbons (Fsp3) is 0.360. The van der Waals surface area contributed by atoms with Gasteiger partial charge in [-0.15, -0.1) is 0 Å². The number of rotatable bonds is 7. The van der Waals surface area contributed by atoms with Gasteiger partial charge in [-0.25, -0.2) is 4.99 Å². The molecule has 2 aliphatic rings. The third-order valence-electron chi connectivity index (χ3n) is 5.74. The van der Waals surface area contributed by atoms with Crippen LogP contribution in [0, 0.1) is 17.0 Å². The monoisotopic (exact) mass is 480 g/mol. The summed E-state index contributed by atoms with van der Waals surface area (Å²) in [5.74, 6) is -0.122. The zero-order chi connectivity index (χ0) is 24.1. The van der Waals surface area contributed by atoms with Crippen molar-refractivity contribution in [2.45, 2.75) is 26.7 Å². The first-order chi connectivity index (χ1) is 16.5. The fourth-order valence-electron chi connectivity index (χ4n) is 3.84. The van der Waals surface area contributed by atoms with Crippen molar-refractivity contribution in [2.24, 2.45) is 4.99 Å². The number of ether oxygens (including phenoxy) is 1. The van der Waals surface area contributed by atoms with Gasteiger partial charge < -0.3 is 9.64 Å². The van der Waals surface area contributed by atoms with Crippen molar-refractivity contribution < 1.29 is 14.5 Å². The molecular weight excluding hydrogens is 452 g/mol. The number of carbonyl (C=O) groups is 1. The number of non-ortho nitro benzene ring substituents is 1. The molecular formula is C25H28N4O4S.